The number of hydrogen-bond donors (Lipinski definition) is 1. The van der Waals surface area contributed by atoms with Gasteiger partial charge in [-0.1, -0.05) is 6.07 Å². The maximum Gasteiger partial charge on any atom is 0.280 e. The van der Waals surface area contributed by atoms with E-state index in [0.29, 0.717) is 16.6 Å². The number of nitrogen functional groups attached to an aromatic ring is 1. The lowest BCUT2D eigenvalue weighted by Gasteiger charge is -2.00. The molecule has 0 spiro atoms. The number of non-ortho nitro benzene ring substituents is 1. The molecule has 0 saturated carbocycles. The van der Waals surface area contributed by atoms with E-state index in [1.54, 1.807) is 18.2 Å². The molecule has 5 nitrogen and oxygen atoms in total. The molecule has 2 rings (SSSR count). The van der Waals surface area contributed by atoms with Crippen LogP contribution >= 0.6 is 0 Å². The number of benzene rings is 1. The van der Waals surface area contributed by atoms with Gasteiger partial charge in [0.1, 0.15) is 5.39 Å². The van der Waals surface area contributed by atoms with E-state index in [1.807, 2.05) is 0 Å². The number of hydrogen-bond acceptors (Lipinski definition) is 4. The molecule has 0 aliphatic rings. The summed E-state index contributed by atoms with van der Waals surface area (Å²) in [7, 11) is 0. The summed E-state index contributed by atoms with van der Waals surface area (Å²) in [6.45, 7) is 0. The Kier molecular flexibility index (Phi) is 1.78. The molecule has 0 aliphatic carbocycles. The summed E-state index contributed by atoms with van der Waals surface area (Å²) in [5.41, 5.74) is 6.56. The first kappa shape index (κ1) is 8.43. The standard InChI is InChI=1S/C9H7N3O2/c10-6-4-5-11-7-2-1-3-8(9(6)7)12(13)14/h1-5H,(H2,10,11). The van der Waals surface area contributed by atoms with E-state index >= 15 is 0 Å². The smallest absolute Gasteiger partial charge is 0.280 e. The molecule has 0 aliphatic heterocycles. The Morgan fingerprint density at radius 2 is 2.14 bits per heavy atom. The maximum absolute atomic E-state index is 10.7. The Balaban J connectivity index is 2.91. The monoisotopic (exact) mass is 189 g/mol. The Hall–Kier alpha value is -2.17. The highest BCUT2D eigenvalue weighted by Crippen LogP contribution is 2.28. The van der Waals surface area contributed by atoms with Crippen molar-refractivity contribution in [2.75, 3.05) is 5.73 Å². The molecule has 0 radical (unpaired) electrons. The molecule has 1 aromatic heterocycles. The van der Waals surface area contributed by atoms with E-state index in [1.165, 1.54) is 12.3 Å². The Bertz CT molecular complexity index is 505. The van der Waals surface area contributed by atoms with Gasteiger partial charge < -0.3 is 5.73 Å². The predicted molar refractivity (Wildman–Crippen MR) is 52.8 cm³/mol. The molecule has 2 aromatic rings. The number of nitrogens with zero attached hydrogens (tertiary/aromatic N) is 2. The Morgan fingerprint density at radius 1 is 1.36 bits per heavy atom. The van der Waals surface area contributed by atoms with Crippen LogP contribution in [0.3, 0.4) is 0 Å². The van der Waals surface area contributed by atoms with Crippen LogP contribution in [0, 0.1) is 10.1 Å². The molecule has 2 N–H and O–H groups in total. The molecular formula is C9H7N3O2. The van der Waals surface area contributed by atoms with Gasteiger partial charge in [-0.25, -0.2) is 0 Å². The lowest BCUT2D eigenvalue weighted by Crippen LogP contribution is -1.94. The van der Waals surface area contributed by atoms with Crippen molar-refractivity contribution < 1.29 is 4.92 Å². The molecular weight excluding hydrogens is 182 g/mol. The Morgan fingerprint density at radius 3 is 2.86 bits per heavy atom. The van der Waals surface area contributed by atoms with Crippen LogP contribution in [0.2, 0.25) is 0 Å². The summed E-state index contributed by atoms with van der Waals surface area (Å²) < 4.78 is 0. The SMILES string of the molecule is Nc1ccnc2cccc([N+](=O)[O-])c12. The van der Waals surface area contributed by atoms with Crippen LogP contribution < -0.4 is 5.73 Å². The number of aromatic nitrogens is 1. The zero-order valence-electron chi connectivity index (χ0n) is 7.18. The second kappa shape index (κ2) is 2.95. The molecule has 14 heavy (non-hydrogen) atoms. The van der Waals surface area contributed by atoms with Crippen molar-refractivity contribution in [2.45, 2.75) is 0 Å². The van der Waals surface area contributed by atoms with Gasteiger partial charge in [0.2, 0.25) is 0 Å². The first-order valence-corrected chi connectivity index (χ1v) is 3.98. The van der Waals surface area contributed by atoms with Gasteiger partial charge >= 0.3 is 0 Å². The quantitative estimate of drug-likeness (QED) is 0.547. The minimum atomic E-state index is -0.458. The normalized spacial score (nSPS) is 10.3. The van der Waals surface area contributed by atoms with Crippen LogP contribution in [0.4, 0.5) is 11.4 Å². The van der Waals surface area contributed by atoms with Gasteiger partial charge in [0, 0.05) is 18.0 Å². The molecule has 70 valence electrons. The van der Waals surface area contributed by atoms with Crippen LogP contribution in [-0.2, 0) is 0 Å². The van der Waals surface area contributed by atoms with Gasteiger partial charge in [0.25, 0.3) is 5.69 Å². The van der Waals surface area contributed by atoms with Crippen LogP contribution in [0.5, 0.6) is 0 Å². The maximum atomic E-state index is 10.7. The molecule has 0 saturated heterocycles. The van der Waals surface area contributed by atoms with Crippen molar-refractivity contribution in [3.05, 3.63) is 40.6 Å². The summed E-state index contributed by atoms with van der Waals surface area (Å²) in [4.78, 5) is 14.2. The second-order valence-electron chi connectivity index (χ2n) is 2.83. The van der Waals surface area contributed by atoms with Crippen molar-refractivity contribution >= 4 is 22.3 Å². The summed E-state index contributed by atoms with van der Waals surface area (Å²) in [5.74, 6) is 0. The van der Waals surface area contributed by atoms with Crippen molar-refractivity contribution in [2.24, 2.45) is 0 Å². The third-order valence-electron chi connectivity index (χ3n) is 1.97. The first-order chi connectivity index (χ1) is 6.70. The number of fused-ring (bicyclic) bond motifs is 1. The first-order valence-electron chi connectivity index (χ1n) is 3.98. The van der Waals surface area contributed by atoms with E-state index in [0.717, 1.165) is 0 Å². The zero-order chi connectivity index (χ0) is 10.1. The number of rotatable bonds is 1. The fourth-order valence-corrected chi connectivity index (χ4v) is 1.36. The minimum Gasteiger partial charge on any atom is -0.398 e. The lowest BCUT2D eigenvalue weighted by molar-refractivity contribution is -0.383. The second-order valence-corrected chi connectivity index (χ2v) is 2.83. The van der Waals surface area contributed by atoms with Gasteiger partial charge in [-0.15, -0.1) is 0 Å². The van der Waals surface area contributed by atoms with Crippen molar-refractivity contribution in [3.63, 3.8) is 0 Å². The number of pyridine rings is 1. The largest absolute Gasteiger partial charge is 0.398 e. The van der Waals surface area contributed by atoms with E-state index in [9.17, 15) is 10.1 Å². The summed E-state index contributed by atoms with van der Waals surface area (Å²) in [6, 6.07) is 6.25. The number of anilines is 1. The molecule has 0 atom stereocenters. The summed E-state index contributed by atoms with van der Waals surface area (Å²) in [6.07, 6.45) is 1.53. The Labute approximate surface area is 79.3 Å². The van der Waals surface area contributed by atoms with Crippen LogP contribution in [-0.4, -0.2) is 9.91 Å². The summed E-state index contributed by atoms with van der Waals surface area (Å²) in [5, 5.41) is 11.1. The molecule has 1 heterocycles. The van der Waals surface area contributed by atoms with Gasteiger partial charge in [-0.2, -0.15) is 0 Å². The molecule has 1 aromatic carbocycles. The van der Waals surface area contributed by atoms with Crippen LogP contribution in [0.25, 0.3) is 10.9 Å². The van der Waals surface area contributed by atoms with E-state index in [-0.39, 0.29) is 5.69 Å². The third-order valence-corrected chi connectivity index (χ3v) is 1.97. The van der Waals surface area contributed by atoms with E-state index in [4.69, 9.17) is 5.73 Å². The van der Waals surface area contributed by atoms with Gasteiger partial charge in [-0.3, -0.25) is 15.1 Å². The average Bonchev–Trinajstić information content (AvgIpc) is 2.17. The zero-order valence-corrected chi connectivity index (χ0v) is 7.18. The molecule has 0 amide bonds. The van der Waals surface area contributed by atoms with Crippen molar-refractivity contribution in [1.82, 2.24) is 4.98 Å². The van der Waals surface area contributed by atoms with Crippen molar-refractivity contribution in [1.29, 1.82) is 0 Å². The van der Waals surface area contributed by atoms with E-state index in [2.05, 4.69) is 4.98 Å². The summed E-state index contributed by atoms with van der Waals surface area (Å²) >= 11 is 0. The van der Waals surface area contributed by atoms with Crippen molar-refractivity contribution in [3.8, 4) is 0 Å². The van der Waals surface area contributed by atoms with Gasteiger partial charge in [-0.05, 0) is 12.1 Å². The molecule has 5 heteroatoms. The number of nitro benzene ring substituents is 1. The topological polar surface area (TPSA) is 82.0 Å². The highest BCUT2D eigenvalue weighted by molar-refractivity contribution is 5.97. The number of nitro groups is 1. The predicted octanol–water partition coefficient (Wildman–Crippen LogP) is 1.73. The number of nitrogens with two attached hydrogens (primary N) is 1. The van der Waals surface area contributed by atoms with Crippen LogP contribution in [0.1, 0.15) is 0 Å². The van der Waals surface area contributed by atoms with Gasteiger partial charge in [0.05, 0.1) is 10.4 Å². The third kappa shape index (κ3) is 1.15. The fraction of sp³-hybridized carbons (Fsp3) is 0. The van der Waals surface area contributed by atoms with E-state index < -0.39 is 4.92 Å². The average molecular weight is 189 g/mol. The highest BCUT2D eigenvalue weighted by atomic mass is 16.6. The van der Waals surface area contributed by atoms with Crippen LogP contribution in [0.15, 0.2) is 30.5 Å². The molecule has 0 fully saturated rings. The highest BCUT2D eigenvalue weighted by Gasteiger charge is 2.13. The fourth-order valence-electron chi connectivity index (χ4n) is 1.36. The van der Waals surface area contributed by atoms with Gasteiger partial charge in [0.15, 0.2) is 0 Å². The molecule has 0 unspecified atom stereocenters. The lowest BCUT2D eigenvalue weighted by atomic mass is 10.1. The minimum absolute atomic E-state index is 0.00639. The molecule has 0 bridgehead atoms.